The van der Waals surface area contributed by atoms with Gasteiger partial charge in [0.25, 0.3) is 0 Å². The molecule has 7 nitrogen and oxygen atoms in total. The first-order chi connectivity index (χ1) is 14.4. The molecule has 1 aromatic carbocycles. The van der Waals surface area contributed by atoms with Crippen molar-refractivity contribution >= 4 is 40.6 Å². The number of likely N-dealkylation sites (N-methyl/N-ethyl adjacent to an activating group) is 1. The first-order valence-electron chi connectivity index (χ1n) is 10.3. The highest BCUT2D eigenvalue weighted by Crippen LogP contribution is 2.45. The number of hydrogen-bond acceptors (Lipinski definition) is 5. The number of anilines is 3. The molecule has 2 aromatic rings. The van der Waals surface area contributed by atoms with E-state index in [2.05, 4.69) is 15.2 Å². The van der Waals surface area contributed by atoms with Crippen LogP contribution in [0.2, 0.25) is 5.02 Å². The molecule has 0 atom stereocenters. The number of nitrogen functional groups attached to an aromatic ring is 1. The van der Waals surface area contributed by atoms with Gasteiger partial charge >= 0.3 is 0 Å². The van der Waals surface area contributed by atoms with Gasteiger partial charge in [0.1, 0.15) is 10.8 Å². The zero-order valence-electron chi connectivity index (χ0n) is 16.9. The average Bonchev–Trinajstić information content (AvgIpc) is 3.23. The normalized spacial score (nSPS) is 20.1. The lowest BCUT2D eigenvalue weighted by molar-refractivity contribution is -0.128. The fourth-order valence-electron chi connectivity index (χ4n) is 5.00. The molecule has 3 aliphatic heterocycles. The van der Waals surface area contributed by atoms with E-state index in [-0.39, 0.29) is 17.2 Å². The van der Waals surface area contributed by atoms with E-state index >= 15 is 0 Å². The molecule has 2 amide bonds. The molecule has 0 saturated carbocycles. The third-order valence-electron chi connectivity index (χ3n) is 6.90. The highest BCUT2D eigenvalue weighted by Gasteiger charge is 2.44. The summed E-state index contributed by atoms with van der Waals surface area (Å²) in [7, 11) is 1.80. The molecule has 3 aliphatic rings. The van der Waals surface area contributed by atoms with Crippen LogP contribution in [0.25, 0.3) is 11.1 Å². The second-order valence-electron chi connectivity index (χ2n) is 8.47. The monoisotopic (exact) mass is 425 g/mol. The topological polar surface area (TPSA) is 91.6 Å². The van der Waals surface area contributed by atoms with Crippen molar-refractivity contribution in [3.8, 4) is 11.1 Å². The van der Waals surface area contributed by atoms with Crippen molar-refractivity contribution in [2.75, 3.05) is 42.2 Å². The summed E-state index contributed by atoms with van der Waals surface area (Å²) in [5, 5.41) is 3.42. The molecule has 3 N–H and O–H groups in total. The van der Waals surface area contributed by atoms with E-state index in [1.54, 1.807) is 18.1 Å². The predicted octanol–water partition coefficient (Wildman–Crippen LogP) is 2.61. The number of carbonyl (C=O) groups excluding carboxylic acids is 2. The number of nitrogens with two attached hydrogens (primary N) is 1. The Balaban J connectivity index is 1.51. The molecule has 1 aromatic heterocycles. The number of halogens is 1. The van der Waals surface area contributed by atoms with Crippen LogP contribution in [0.3, 0.4) is 0 Å². The average molecular weight is 426 g/mol. The van der Waals surface area contributed by atoms with Gasteiger partial charge in [-0.05, 0) is 42.5 Å². The van der Waals surface area contributed by atoms with Gasteiger partial charge in [-0.25, -0.2) is 4.98 Å². The quantitative estimate of drug-likeness (QED) is 0.771. The molecular weight excluding hydrogens is 402 g/mol. The third kappa shape index (κ3) is 2.83. The number of rotatable bonds is 2. The maximum Gasteiger partial charge on any atom is 0.231 e. The Kier molecular flexibility index (Phi) is 4.39. The van der Waals surface area contributed by atoms with Crippen LogP contribution in [0.5, 0.6) is 0 Å². The summed E-state index contributed by atoms with van der Waals surface area (Å²) in [4.78, 5) is 32.6. The van der Waals surface area contributed by atoms with E-state index in [9.17, 15) is 9.59 Å². The lowest BCUT2D eigenvalue weighted by atomic mass is 9.77. The highest BCUT2D eigenvalue weighted by atomic mass is 35.5. The summed E-state index contributed by atoms with van der Waals surface area (Å²) in [6.45, 7) is 2.22. The van der Waals surface area contributed by atoms with Crippen molar-refractivity contribution < 1.29 is 9.59 Å². The SMILES string of the molecule is CN1C(=O)Cc2cc(-c3cnc(N)c(Cl)c3N3CCC4(CCNC4=O)CC3)ccc21. The largest absolute Gasteiger partial charge is 0.382 e. The maximum atomic E-state index is 12.3. The number of nitrogens with zero attached hydrogens (tertiary/aromatic N) is 3. The molecule has 0 unspecified atom stereocenters. The smallest absolute Gasteiger partial charge is 0.231 e. The minimum absolute atomic E-state index is 0.0898. The predicted molar refractivity (Wildman–Crippen MR) is 118 cm³/mol. The van der Waals surface area contributed by atoms with Crippen LogP contribution in [-0.4, -0.2) is 43.5 Å². The number of carbonyl (C=O) groups is 2. The van der Waals surface area contributed by atoms with Crippen LogP contribution in [0.1, 0.15) is 24.8 Å². The number of nitrogens with one attached hydrogen (secondary N) is 1. The van der Waals surface area contributed by atoms with Crippen LogP contribution >= 0.6 is 11.6 Å². The molecule has 156 valence electrons. The molecule has 5 rings (SSSR count). The second kappa shape index (κ2) is 6.87. The number of piperidine rings is 1. The van der Waals surface area contributed by atoms with Crippen molar-refractivity contribution in [2.45, 2.75) is 25.7 Å². The van der Waals surface area contributed by atoms with Crippen molar-refractivity contribution in [2.24, 2.45) is 5.41 Å². The fraction of sp³-hybridized carbons (Fsp3) is 0.409. The Morgan fingerprint density at radius 1 is 1.20 bits per heavy atom. The van der Waals surface area contributed by atoms with Crippen molar-refractivity contribution in [1.82, 2.24) is 10.3 Å². The van der Waals surface area contributed by atoms with E-state index in [1.807, 2.05) is 18.2 Å². The molecule has 0 aliphatic carbocycles. The summed E-state index contributed by atoms with van der Waals surface area (Å²) in [6, 6.07) is 6.01. The molecule has 2 fully saturated rings. The number of amides is 2. The molecule has 0 radical (unpaired) electrons. The summed E-state index contributed by atoms with van der Waals surface area (Å²) in [5.41, 5.74) is 10.4. The van der Waals surface area contributed by atoms with Crippen LogP contribution in [0, 0.1) is 5.41 Å². The van der Waals surface area contributed by atoms with Gasteiger partial charge in [-0.3, -0.25) is 9.59 Å². The molecule has 30 heavy (non-hydrogen) atoms. The van der Waals surface area contributed by atoms with Gasteiger partial charge in [0.2, 0.25) is 11.8 Å². The summed E-state index contributed by atoms with van der Waals surface area (Å²) in [5.74, 6) is 0.563. The molecule has 1 spiro atoms. The first kappa shape index (κ1) is 19.2. The zero-order valence-corrected chi connectivity index (χ0v) is 17.6. The Morgan fingerprint density at radius 2 is 1.97 bits per heavy atom. The Hall–Kier alpha value is -2.80. The van der Waals surface area contributed by atoms with Crippen LogP contribution in [-0.2, 0) is 16.0 Å². The number of aromatic nitrogens is 1. The Morgan fingerprint density at radius 3 is 2.67 bits per heavy atom. The van der Waals surface area contributed by atoms with Gasteiger partial charge in [0.15, 0.2) is 0 Å². The summed E-state index contributed by atoms with van der Waals surface area (Å²) < 4.78 is 0. The van der Waals surface area contributed by atoms with Crippen molar-refractivity contribution in [3.05, 3.63) is 35.0 Å². The molecule has 4 heterocycles. The van der Waals surface area contributed by atoms with E-state index < -0.39 is 0 Å². The Labute approximate surface area is 180 Å². The number of fused-ring (bicyclic) bond motifs is 1. The molecule has 0 bridgehead atoms. The van der Waals surface area contributed by atoms with E-state index in [0.717, 1.165) is 67.0 Å². The van der Waals surface area contributed by atoms with Gasteiger partial charge in [0.05, 0.1) is 17.5 Å². The second-order valence-corrected chi connectivity index (χ2v) is 8.84. The van der Waals surface area contributed by atoms with Crippen molar-refractivity contribution in [1.29, 1.82) is 0 Å². The minimum Gasteiger partial charge on any atom is -0.382 e. The van der Waals surface area contributed by atoms with Gasteiger partial charge in [-0.2, -0.15) is 0 Å². The van der Waals surface area contributed by atoms with E-state index in [4.69, 9.17) is 17.3 Å². The molecule has 2 saturated heterocycles. The number of pyridine rings is 1. The standard InChI is InChI=1S/C22H24ClN5O2/c1-27-16-3-2-13(10-14(16)11-17(27)29)15-12-26-20(24)18(23)19(15)28-8-5-22(6-9-28)4-7-25-21(22)30/h2-3,10,12H,4-9,11H2,1H3,(H2,24,26)(H,25,30). The zero-order chi connectivity index (χ0) is 21.0. The van der Waals surface area contributed by atoms with Crippen LogP contribution in [0.15, 0.2) is 24.4 Å². The van der Waals surface area contributed by atoms with Gasteiger partial charge in [0, 0.05) is 44.1 Å². The summed E-state index contributed by atoms with van der Waals surface area (Å²) >= 11 is 6.65. The first-order valence-corrected chi connectivity index (χ1v) is 10.6. The van der Waals surface area contributed by atoms with E-state index in [0.29, 0.717) is 17.3 Å². The Bertz CT molecular complexity index is 1060. The lowest BCUT2D eigenvalue weighted by Crippen LogP contribution is -2.44. The van der Waals surface area contributed by atoms with E-state index in [1.165, 1.54) is 0 Å². The minimum atomic E-state index is -0.250. The third-order valence-corrected chi connectivity index (χ3v) is 7.27. The number of benzene rings is 1. The van der Waals surface area contributed by atoms with Crippen LogP contribution < -0.4 is 20.9 Å². The lowest BCUT2D eigenvalue weighted by Gasteiger charge is -2.39. The van der Waals surface area contributed by atoms with Gasteiger partial charge in [-0.1, -0.05) is 17.7 Å². The van der Waals surface area contributed by atoms with Gasteiger partial charge < -0.3 is 20.9 Å². The van der Waals surface area contributed by atoms with Crippen molar-refractivity contribution in [3.63, 3.8) is 0 Å². The molecular formula is C22H24ClN5O2. The van der Waals surface area contributed by atoms with Gasteiger partial charge in [-0.15, -0.1) is 0 Å². The summed E-state index contributed by atoms with van der Waals surface area (Å²) in [6.07, 6.45) is 4.63. The fourth-order valence-corrected chi connectivity index (χ4v) is 5.27. The number of hydrogen-bond donors (Lipinski definition) is 2. The molecule has 8 heteroatoms. The van der Waals surface area contributed by atoms with Crippen LogP contribution in [0.4, 0.5) is 17.2 Å². The highest BCUT2D eigenvalue weighted by molar-refractivity contribution is 6.36. The maximum absolute atomic E-state index is 12.3.